The number of Topliss-reactive ketones (excluding diaryl/α,β-unsaturated/α-hetero) is 1. The molecule has 1 N–H and O–H groups in total. The van der Waals surface area contributed by atoms with Crippen LogP contribution in [0.4, 0.5) is 5.69 Å². The summed E-state index contributed by atoms with van der Waals surface area (Å²) in [5, 5.41) is 13.2. The van der Waals surface area contributed by atoms with Gasteiger partial charge in [-0.3, -0.25) is 43.9 Å². The maximum absolute atomic E-state index is 13.7. The molecule has 3 heterocycles. The lowest BCUT2D eigenvalue weighted by molar-refractivity contribution is -0.384. The summed E-state index contributed by atoms with van der Waals surface area (Å²) in [5.41, 5.74) is 2.01. The first kappa shape index (κ1) is 31.0. The van der Waals surface area contributed by atoms with Crippen molar-refractivity contribution < 1.29 is 33.6 Å². The average molecular weight is 637 g/mol. The van der Waals surface area contributed by atoms with E-state index in [1.807, 2.05) is 24.3 Å². The van der Waals surface area contributed by atoms with Gasteiger partial charge in [0.05, 0.1) is 17.7 Å². The molecule has 0 bridgehead atoms. The minimum atomic E-state index is -0.844. The third-order valence-electron chi connectivity index (χ3n) is 7.35. The Morgan fingerprint density at radius 2 is 1.73 bits per heavy atom. The minimum absolute atomic E-state index is 0.0198. The fourth-order valence-electron chi connectivity index (χ4n) is 4.99. The van der Waals surface area contributed by atoms with Gasteiger partial charge in [0.25, 0.3) is 23.4 Å². The summed E-state index contributed by atoms with van der Waals surface area (Å²) in [6, 6.07) is 12.7. The Bertz CT molecular complexity index is 1550. The quantitative estimate of drug-likeness (QED) is 0.114. The number of imide groups is 1. The molecule has 44 heavy (non-hydrogen) atoms. The summed E-state index contributed by atoms with van der Waals surface area (Å²) in [4.78, 5) is 77.0. The molecule has 0 spiro atoms. The van der Waals surface area contributed by atoms with Crippen molar-refractivity contribution in [1.82, 2.24) is 15.1 Å². The van der Waals surface area contributed by atoms with E-state index in [0.717, 1.165) is 33.1 Å². The molecule has 0 saturated carbocycles. The number of thioether (sulfide) groups is 2. The van der Waals surface area contributed by atoms with E-state index in [0.29, 0.717) is 29.4 Å². The zero-order valence-corrected chi connectivity index (χ0v) is 25.2. The van der Waals surface area contributed by atoms with Crippen LogP contribution in [0.3, 0.4) is 0 Å². The first-order chi connectivity index (χ1) is 21.2. The maximum atomic E-state index is 13.7. The number of hydrogen-bond acceptors (Lipinski definition) is 10. The lowest BCUT2D eigenvalue weighted by Gasteiger charge is -2.50. The third-order valence-corrected chi connectivity index (χ3v) is 9.79. The standard InChI is InChI=1S/C30H28N4O8S2/c1-42-21-7-2-18(3-8-21)4-11-23(35)28-19(16-43-22-9-5-20(6-10-22)34(40)41)17-44-30-27(29(39)33(28)30)31-24(36)14-15-32-25(37)12-13-26(32)38/h2-3,5-10,12-13,27,30H,4,11,14-17H2,1H3,(H,31,36). The Morgan fingerprint density at radius 1 is 1.05 bits per heavy atom. The highest BCUT2D eigenvalue weighted by molar-refractivity contribution is 8.01. The molecule has 2 atom stereocenters. The molecule has 2 unspecified atom stereocenters. The van der Waals surface area contributed by atoms with E-state index in [9.17, 15) is 34.1 Å². The zero-order valence-electron chi connectivity index (χ0n) is 23.6. The largest absolute Gasteiger partial charge is 0.497 e. The van der Waals surface area contributed by atoms with Crippen molar-refractivity contribution in [3.63, 3.8) is 0 Å². The van der Waals surface area contributed by atoms with Gasteiger partial charge in [-0.15, -0.1) is 23.5 Å². The van der Waals surface area contributed by atoms with Crippen LogP contribution in [0.25, 0.3) is 0 Å². The van der Waals surface area contributed by atoms with Gasteiger partial charge < -0.3 is 10.1 Å². The first-order valence-electron chi connectivity index (χ1n) is 13.7. The summed E-state index contributed by atoms with van der Waals surface area (Å²) in [6.45, 7) is -0.0993. The molecule has 0 aliphatic carbocycles. The van der Waals surface area contributed by atoms with Crippen LogP contribution in [0.2, 0.25) is 0 Å². The molecule has 12 nitrogen and oxygen atoms in total. The van der Waals surface area contributed by atoms with Gasteiger partial charge in [-0.2, -0.15) is 0 Å². The number of allylic oxidation sites excluding steroid dienone is 1. The normalized spacial score (nSPS) is 19.2. The Kier molecular flexibility index (Phi) is 9.49. The van der Waals surface area contributed by atoms with Crippen molar-refractivity contribution in [2.24, 2.45) is 0 Å². The second kappa shape index (κ2) is 13.5. The van der Waals surface area contributed by atoms with Crippen LogP contribution in [-0.4, -0.2) is 80.7 Å². The van der Waals surface area contributed by atoms with E-state index in [1.165, 1.54) is 40.6 Å². The van der Waals surface area contributed by atoms with Crippen LogP contribution >= 0.6 is 23.5 Å². The fourth-order valence-corrected chi connectivity index (χ4v) is 7.37. The number of aryl methyl sites for hydroxylation is 1. The molecule has 1 fully saturated rings. The zero-order chi connectivity index (χ0) is 31.4. The number of non-ortho nitro benzene ring substituents is 1. The monoisotopic (exact) mass is 636 g/mol. The van der Waals surface area contributed by atoms with E-state index < -0.39 is 40.0 Å². The average Bonchev–Trinajstić information content (AvgIpc) is 3.36. The Balaban J connectivity index is 1.28. The number of β-lactam (4-membered cyclic amide) rings is 1. The number of carbonyl (C=O) groups excluding carboxylic acids is 5. The Morgan fingerprint density at radius 3 is 2.36 bits per heavy atom. The molecule has 2 aromatic rings. The number of methoxy groups -OCH3 is 1. The number of nitrogens with one attached hydrogen (secondary N) is 1. The molecule has 0 radical (unpaired) electrons. The van der Waals surface area contributed by atoms with Gasteiger partial charge in [0.1, 0.15) is 17.2 Å². The fraction of sp³-hybridized carbons (Fsp3) is 0.300. The lowest BCUT2D eigenvalue weighted by atomic mass is 9.97. The summed E-state index contributed by atoms with van der Waals surface area (Å²) in [6.07, 6.45) is 2.75. The van der Waals surface area contributed by atoms with E-state index >= 15 is 0 Å². The number of nitro benzene ring substituents is 1. The van der Waals surface area contributed by atoms with E-state index in [1.54, 1.807) is 19.2 Å². The van der Waals surface area contributed by atoms with Gasteiger partial charge in [-0.25, -0.2) is 0 Å². The van der Waals surface area contributed by atoms with Gasteiger partial charge in [0.2, 0.25) is 5.91 Å². The van der Waals surface area contributed by atoms with Gasteiger partial charge in [-0.1, -0.05) is 12.1 Å². The van der Waals surface area contributed by atoms with Crippen molar-refractivity contribution in [2.75, 3.05) is 25.2 Å². The van der Waals surface area contributed by atoms with Crippen LogP contribution in [0.5, 0.6) is 5.75 Å². The molecule has 2 aromatic carbocycles. The van der Waals surface area contributed by atoms with Gasteiger partial charge in [-0.05, 0) is 41.8 Å². The van der Waals surface area contributed by atoms with Crippen molar-refractivity contribution in [3.05, 3.63) is 87.6 Å². The second-order valence-electron chi connectivity index (χ2n) is 10.1. The number of fused-ring (bicyclic) bond motifs is 1. The smallest absolute Gasteiger partial charge is 0.269 e. The van der Waals surface area contributed by atoms with Crippen molar-refractivity contribution in [3.8, 4) is 5.75 Å². The number of ether oxygens (including phenoxy) is 1. The number of benzene rings is 2. The highest BCUT2D eigenvalue weighted by atomic mass is 32.2. The first-order valence-corrected chi connectivity index (χ1v) is 15.7. The highest BCUT2D eigenvalue weighted by Gasteiger charge is 2.53. The van der Waals surface area contributed by atoms with Gasteiger partial charge >= 0.3 is 0 Å². The molecule has 3 aliphatic rings. The maximum Gasteiger partial charge on any atom is 0.269 e. The summed E-state index contributed by atoms with van der Waals surface area (Å²) in [5.74, 6) is -0.502. The number of ketones is 1. The summed E-state index contributed by atoms with van der Waals surface area (Å²) < 4.78 is 5.20. The number of hydrogen-bond donors (Lipinski definition) is 1. The molecule has 5 rings (SSSR count). The second-order valence-corrected chi connectivity index (χ2v) is 12.3. The molecule has 14 heteroatoms. The predicted molar refractivity (Wildman–Crippen MR) is 163 cm³/mol. The predicted octanol–water partition coefficient (Wildman–Crippen LogP) is 2.87. The summed E-state index contributed by atoms with van der Waals surface area (Å²) in [7, 11) is 1.57. The van der Waals surface area contributed by atoms with Crippen LogP contribution in [0, 0.1) is 10.1 Å². The van der Waals surface area contributed by atoms with Crippen LogP contribution in [0.1, 0.15) is 18.4 Å². The number of nitrogens with zero attached hydrogens (tertiary/aromatic N) is 3. The van der Waals surface area contributed by atoms with Crippen molar-refractivity contribution in [2.45, 2.75) is 35.6 Å². The van der Waals surface area contributed by atoms with Gasteiger partial charge in [0.15, 0.2) is 5.78 Å². The molecule has 3 aliphatic heterocycles. The number of amides is 4. The van der Waals surface area contributed by atoms with E-state index in [-0.39, 0.29) is 30.9 Å². The van der Waals surface area contributed by atoms with Gasteiger partial charge in [0, 0.05) is 60.1 Å². The molecule has 0 aromatic heterocycles. The molecule has 4 amide bonds. The van der Waals surface area contributed by atoms with E-state index in [4.69, 9.17) is 4.74 Å². The molecule has 228 valence electrons. The van der Waals surface area contributed by atoms with Crippen LogP contribution in [0.15, 0.2) is 76.8 Å². The van der Waals surface area contributed by atoms with Crippen molar-refractivity contribution in [1.29, 1.82) is 0 Å². The minimum Gasteiger partial charge on any atom is -0.497 e. The van der Waals surface area contributed by atoms with Crippen LogP contribution in [-0.2, 0) is 30.4 Å². The molecular formula is C30H28N4O8S2. The number of rotatable bonds is 13. The summed E-state index contributed by atoms with van der Waals surface area (Å²) >= 11 is 2.85. The topological polar surface area (TPSA) is 156 Å². The molecule has 1 saturated heterocycles. The Hall–Kier alpha value is -4.43. The Labute approximate surface area is 261 Å². The van der Waals surface area contributed by atoms with Crippen molar-refractivity contribution >= 4 is 58.6 Å². The lowest BCUT2D eigenvalue weighted by Crippen LogP contribution is -2.70. The molecular weight excluding hydrogens is 608 g/mol. The van der Waals surface area contributed by atoms with Crippen LogP contribution < -0.4 is 10.1 Å². The third kappa shape index (κ3) is 6.70. The SMILES string of the molecule is COc1ccc(CCC(=O)C2=C(CSc3ccc([N+](=O)[O-])cc3)CSC3C(NC(=O)CCN4C(=O)C=CC4=O)C(=O)N23)cc1. The highest BCUT2D eigenvalue weighted by Crippen LogP contribution is 2.42. The number of carbonyl (C=O) groups is 5. The van der Waals surface area contributed by atoms with E-state index in [2.05, 4.69) is 5.32 Å². The number of nitro groups is 1.